The minimum Gasteiger partial charge on any atom is -0.548 e. The molecule has 0 saturated carbocycles. The number of phenolic OH excluding ortho intramolecular Hbond substituents is 1. The number of fused-ring (bicyclic) bond motifs is 1. The lowest BCUT2D eigenvalue weighted by molar-refractivity contribution is -0.311. The van der Waals surface area contributed by atoms with E-state index in [4.69, 9.17) is 4.74 Å². The quantitative estimate of drug-likeness (QED) is 0.827. The molecule has 1 aliphatic heterocycles. The van der Waals surface area contributed by atoms with Gasteiger partial charge in [0.25, 0.3) is 0 Å². The van der Waals surface area contributed by atoms with Gasteiger partial charge in [-0.25, -0.2) is 4.79 Å². The van der Waals surface area contributed by atoms with Crippen LogP contribution in [0.25, 0.3) is 0 Å². The van der Waals surface area contributed by atoms with Gasteiger partial charge in [-0.2, -0.15) is 0 Å². The first-order chi connectivity index (χ1) is 9.67. The van der Waals surface area contributed by atoms with Crippen LogP contribution in [-0.2, 0) is 22.5 Å². The van der Waals surface area contributed by atoms with E-state index in [1.165, 1.54) is 12.1 Å². The Bertz CT molecular complexity index is 576. The van der Waals surface area contributed by atoms with Crippen LogP contribution >= 0.6 is 0 Å². The Kier molecular flexibility index (Phi) is 3.80. The largest absolute Gasteiger partial charge is 0.548 e. The minimum atomic E-state index is -1.32. The number of phenols is 1. The van der Waals surface area contributed by atoms with Gasteiger partial charge in [0.1, 0.15) is 11.4 Å². The highest BCUT2D eigenvalue weighted by atomic mass is 16.6. The first-order valence-corrected chi connectivity index (χ1v) is 6.68. The molecule has 21 heavy (non-hydrogen) atoms. The molecule has 6 heteroatoms. The average Bonchev–Trinajstić information content (AvgIpc) is 2.34. The first-order valence-electron chi connectivity index (χ1n) is 6.68. The maximum Gasteiger partial charge on any atom is 0.411 e. The van der Waals surface area contributed by atoms with Crippen LogP contribution < -0.4 is 5.11 Å². The Morgan fingerprint density at radius 1 is 1.33 bits per heavy atom. The third-order valence-electron chi connectivity index (χ3n) is 3.22. The van der Waals surface area contributed by atoms with Crippen LogP contribution in [0.3, 0.4) is 0 Å². The lowest BCUT2D eigenvalue weighted by atomic mass is 9.94. The number of carbonyl (C=O) groups excluding carboxylic acids is 2. The Hall–Kier alpha value is -2.24. The second-order valence-corrected chi connectivity index (χ2v) is 6.10. The molecule has 0 radical (unpaired) electrons. The van der Waals surface area contributed by atoms with Gasteiger partial charge in [-0.3, -0.25) is 4.90 Å². The summed E-state index contributed by atoms with van der Waals surface area (Å²) in [5, 5.41) is 20.8. The second-order valence-electron chi connectivity index (χ2n) is 6.10. The number of carbonyl (C=O) groups is 2. The minimum absolute atomic E-state index is 0.0668. The Morgan fingerprint density at radius 3 is 2.57 bits per heavy atom. The summed E-state index contributed by atoms with van der Waals surface area (Å²) < 4.78 is 5.24. The highest BCUT2D eigenvalue weighted by molar-refractivity contribution is 5.80. The van der Waals surface area contributed by atoms with Crippen molar-refractivity contribution in [3.8, 4) is 5.75 Å². The monoisotopic (exact) mass is 292 g/mol. The van der Waals surface area contributed by atoms with E-state index in [1.54, 1.807) is 26.8 Å². The van der Waals surface area contributed by atoms with Gasteiger partial charge in [0, 0.05) is 0 Å². The zero-order valence-corrected chi connectivity index (χ0v) is 12.3. The normalized spacial score (nSPS) is 18.0. The van der Waals surface area contributed by atoms with Gasteiger partial charge < -0.3 is 19.7 Å². The predicted octanol–water partition coefficient (Wildman–Crippen LogP) is 0.804. The maximum absolute atomic E-state index is 12.2. The fraction of sp³-hybridized carbons (Fsp3) is 0.467. The summed E-state index contributed by atoms with van der Waals surface area (Å²) in [6.07, 6.45) is -0.567. The molecule has 2 rings (SSSR count). The van der Waals surface area contributed by atoms with Crippen molar-refractivity contribution in [2.75, 3.05) is 0 Å². The molecule has 0 spiro atoms. The van der Waals surface area contributed by atoms with Crippen LogP contribution in [0.15, 0.2) is 18.2 Å². The van der Waals surface area contributed by atoms with Crippen molar-refractivity contribution in [2.45, 2.75) is 45.4 Å². The van der Waals surface area contributed by atoms with E-state index in [1.807, 2.05) is 0 Å². The third-order valence-corrected chi connectivity index (χ3v) is 3.22. The van der Waals surface area contributed by atoms with Crippen molar-refractivity contribution in [3.63, 3.8) is 0 Å². The Balaban J connectivity index is 2.30. The van der Waals surface area contributed by atoms with Crippen LogP contribution in [-0.4, -0.2) is 33.7 Å². The van der Waals surface area contributed by atoms with Gasteiger partial charge in [-0.05, 0) is 50.5 Å². The Morgan fingerprint density at radius 2 is 2.00 bits per heavy atom. The van der Waals surface area contributed by atoms with Crippen LogP contribution in [0.4, 0.5) is 4.79 Å². The van der Waals surface area contributed by atoms with E-state index in [-0.39, 0.29) is 18.7 Å². The lowest BCUT2D eigenvalue weighted by Gasteiger charge is -2.38. The number of hydrogen-bond donors (Lipinski definition) is 1. The summed E-state index contributed by atoms with van der Waals surface area (Å²) in [6, 6.07) is 3.61. The van der Waals surface area contributed by atoms with Crippen LogP contribution in [0.5, 0.6) is 5.75 Å². The molecule has 0 unspecified atom stereocenters. The predicted molar refractivity (Wildman–Crippen MR) is 72.4 cm³/mol. The van der Waals surface area contributed by atoms with Crippen LogP contribution in [0.1, 0.15) is 31.9 Å². The van der Waals surface area contributed by atoms with Gasteiger partial charge in [0.05, 0.1) is 18.6 Å². The molecular formula is C15H18NO5-. The van der Waals surface area contributed by atoms with Crippen LogP contribution in [0, 0.1) is 0 Å². The molecule has 1 amide bonds. The summed E-state index contributed by atoms with van der Waals surface area (Å²) in [6.45, 7) is 5.20. The molecule has 1 atom stereocenters. The molecular weight excluding hydrogens is 274 g/mol. The van der Waals surface area contributed by atoms with E-state index < -0.39 is 23.7 Å². The van der Waals surface area contributed by atoms with Gasteiger partial charge in [0.2, 0.25) is 0 Å². The molecule has 1 N–H and O–H groups in total. The maximum atomic E-state index is 12.2. The molecule has 0 fully saturated rings. The van der Waals surface area contributed by atoms with Crippen LogP contribution in [0.2, 0.25) is 0 Å². The zero-order chi connectivity index (χ0) is 15.8. The summed E-state index contributed by atoms with van der Waals surface area (Å²) in [7, 11) is 0. The molecule has 114 valence electrons. The standard InChI is InChI=1S/C15H19NO5/c1-15(2,3)21-14(20)16-8-10-6-11(17)5-4-9(10)7-12(16)13(18)19/h4-6,12,17H,7-8H2,1-3H3,(H,18,19)/p-1/t12-/m0/s1. The molecule has 1 aromatic rings. The third kappa shape index (κ3) is 3.45. The van der Waals surface area contributed by atoms with Crippen molar-refractivity contribution in [1.82, 2.24) is 4.90 Å². The van der Waals surface area contributed by atoms with Gasteiger partial charge in [-0.15, -0.1) is 0 Å². The summed E-state index contributed by atoms with van der Waals surface area (Å²) in [5.41, 5.74) is 0.771. The molecule has 1 aromatic carbocycles. The summed E-state index contributed by atoms with van der Waals surface area (Å²) >= 11 is 0. The number of amides is 1. The molecule has 1 heterocycles. The topological polar surface area (TPSA) is 89.9 Å². The molecule has 6 nitrogen and oxygen atoms in total. The van der Waals surface area contributed by atoms with Crippen molar-refractivity contribution >= 4 is 12.1 Å². The number of ether oxygens (including phenoxy) is 1. The highest BCUT2D eigenvalue weighted by Crippen LogP contribution is 2.27. The number of aromatic hydroxyl groups is 1. The smallest absolute Gasteiger partial charge is 0.411 e. The van der Waals surface area contributed by atoms with E-state index in [9.17, 15) is 19.8 Å². The van der Waals surface area contributed by atoms with Crippen molar-refractivity contribution in [2.24, 2.45) is 0 Å². The fourth-order valence-electron chi connectivity index (χ4n) is 2.29. The second kappa shape index (κ2) is 5.27. The first kappa shape index (κ1) is 15.2. The number of carboxylic acids is 1. The number of hydrogen-bond acceptors (Lipinski definition) is 5. The number of nitrogens with zero attached hydrogens (tertiary/aromatic N) is 1. The number of carboxylic acid groups (broad SMARTS) is 1. The molecule has 0 saturated heterocycles. The zero-order valence-electron chi connectivity index (χ0n) is 12.3. The SMILES string of the molecule is CC(C)(C)OC(=O)N1Cc2cc(O)ccc2C[C@H]1C(=O)[O-]. The number of aliphatic carboxylic acids is 1. The van der Waals surface area contributed by atoms with Gasteiger partial charge in [-0.1, -0.05) is 6.07 Å². The van der Waals surface area contributed by atoms with E-state index in [2.05, 4.69) is 0 Å². The molecule has 0 aliphatic carbocycles. The summed E-state index contributed by atoms with van der Waals surface area (Å²) in [4.78, 5) is 24.6. The average molecular weight is 292 g/mol. The van der Waals surface area contributed by atoms with E-state index in [0.717, 1.165) is 10.5 Å². The molecule has 0 bridgehead atoms. The lowest BCUT2D eigenvalue weighted by Crippen LogP contribution is -2.54. The highest BCUT2D eigenvalue weighted by Gasteiger charge is 2.33. The van der Waals surface area contributed by atoms with Crippen molar-refractivity contribution in [3.05, 3.63) is 29.3 Å². The van der Waals surface area contributed by atoms with Gasteiger partial charge in [0.15, 0.2) is 0 Å². The Labute approximate surface area is 122 Å². The van der Waals surface area contributed by atoms with Crippen molar-refractivity contribution < 1.29 is 24.5 Å². The van der Waals surface area contributed by atoms with E-state index >= 15 is 0 Å². The van der Waals surface area contributed by atoms with Gasteiger partial charge >= 0.3 is 6.09 Å². The molecule has 0 aromatic heterocycles. The fourth-order valence-corrected chi connectivity index (χ4v) is 2.29. The molecule has 1 aliphatic rings. The number of rotatable bonds is 1. The summed E-state index contributed by atoms with van der Waals surface area (Å²) in [5.74, 6) is -1.25. The van der Waals surface area contributed by atoms with E-state index in [0.29, 0.717) is 5.56 Å². The number of benzene rings is 1. The van der Waals surface area contributed by atoms with Crippen molar-refractivity contribution in [1.29, 1.82) is 0 Å².